The molecule has 2 fully saturated rings. The number of phenolic OH excluding ortho intramolecular Hbond substituents is 4. The monoisotopic (exact) mass is 612 g/mol. The number of hydrogen-bond acceptors (Lipinski definition) is 16. The average Bonchev–Trinajstić information content (AvgIpc) is 2.99. The van der Waals surface area contributed by atoms with Crippen LogP contribution in [0.2, 0.25) is 0 Å². The minimum atomic E-state index is -1.88. The molecule has 43 heavy (non-hydrogen) atoms. The number of ether oxygens (including phenoxy) is 4. The van der Waals surface area contributed by atoms with Gasteiger partial charge in [-0.05, 0) is 35.9 Å². The highest BCUT2D eigenvalue weighted by atomic mass is 16.7. The number of hydrogen-bond donors (Lipinski definition) is 11. The molecule has 2 saturated heterocycles. The quantitative estimate of drug-likeness (QED) is 0.0787. The van der Waals surface area contributed by atoms with Crippen LogP contribution < -0.4 is 4.74 Å². The topological polar surface area (TPSA) is 277 Å². The van der Waals surface area contributed by atoms with E-state index in [1.807, 2.05) is 0 Å². The highest BCUT2D eigenvalue weighted by Gasteiger charge is 2.48. The number of phenols is 4. The second-order valence-electron chi connectivity index (χ2n) is 9.92. The molecule has 0 unspecified atom stereocenters. The SMILES string of the molecule is O=C(/C=C/c1ccc(O)c(O)c1)c1ccc(O[C@@H]2O[C@H](CO[C@@H]3O[C@H](CO)[C@@H](O)[C@H](O)[C@H]3O)[C@@H](O)[C@H](O)[C@H]2O)c(O)c1O. The van der Waals surface area contributed by atoms with Gasteiger partial charge in [0, 0.05) is 0 Å². The molecule has 2 aromatic carbocycles. The van der Waals surface area contributed by atoms with Crippen molar-refractivity contribution < 1.29 is 79.9 Å². The first-order valence-corrected chi connectivity index (χ1v) is 12.9. The van der Waals surface area contributed by atoms with Gasteiger partial charge in [0.2, 0.25) is 12.0 Å². The number of benzene rings is 2. The molecule has 0 radical (unpaired) electrons. The van der Waals surface area contributed by atoms with E-state index in [9.17, 15) is 61.0 Å². The van der Waals surface area contributed by atoms with Crippen LogP contribution in [0.25, 0.3) is 6.08 Å². The number of rotatable bonds is 9. The van der Waals surface area contributed by atoms with Crippen molar-refractivity contribution in [2.24, 2.45) is 0 Å². The molecule has 4 rings (SSSR count). The lowest BCUT2D eigenvalue weighted by atomic mass is 9.98. The summed E-state index contributed by atoms with van der Waals surface area (Å²) in [5.41, 5.74) is -0.00274. The molecule has 0 aromatic heterocycles. The third kappa shape index (κ3) is 6.84. The number of carbonyl (C=O) groups excluding carboxylic acids is 1. The smallest absolute Gasteiger partial charge is 0.229 e. The summed E-state index contributed by atoms with van der Waals surface area (Å²) in [6.07, 6.45) is -14.4. The molecule has 0 saturated carbocycles. The molecular formula is C27H32O16. The van der Waals surface area contributed by atoms with E-state index < -0.39 is 103 Å². The van der Waals surface area contributed by atoms with E-state index in [0.717, 1.165) is 18.2 Å². The van der Waals surface area contributed by atoms with E-state index >= 15 is 0 Å². The molecule has 2 aliphatic rings. The van der Waals surface area contributed by atoms with E-state index in [1.54, 1.807) is 0 Å². The van der Waals surface area contributed by atoms with Crippen LogP contribution in [0.15, 0.2) is 36.4 Å². The zero-order valence-electron chi connectivity index (χ0n) is 22.2. The van der Waals surface area contributed by atoms with Crippen LogP contribution in [0.1, 0.15) is 15.9 Å². The second kappa shape index (κ2) is 13.4. The second-order valence-corrected chi connectivity index (χ2v) is 9.92. The maximum Gasteiger partial charge on any atom is 0.229 e. The molecule has 0 amide bonds. The molecule has 0 bridgehead atoms. The number of aliphatic hydroxyl groups is 7. The Morgan fingerprint density at radius 2 is 1.37 bits per heavy atom. The van der Waals surface area contributed by atoms with Crippen LogP contribution in [0, 0.1) is 0 Å². The fraction of sp³-hybridized carbons (Fsp3) is 0.444. The Morgan fingerprint density at radius 3 is 2.02 bits per heavy atom. The van der Waals surface area contributed by atoms with Gasteiger partial charge in [0.1, 0.15) is 48.8 Å². The molecule has 2 heterocycles. The van der Waals surface area contributed by atoms with Gasteiger partial charge in [-0.3, -0.25) is 4.79 Å². The van der Waals surface area contributed by atoms with Gasteiger partial charge in [0.05, 0.1) is 18.8 Å². The van der Waals surface area contributed by atoms with Gasteiger partial charge in [-0.25, -0.2) is 0 Å². The van der Waals surface area contributed by atoms with Crippen LogP contribution in [0.4, 0.5) is 0 Å². The highest BCUT2D eigenvalue weighted by molar-refractivity contribution is 6.09. The van der Waals surface area contributed by atoms with E-state index in [-0.39, 0.29) is 11.3 Å². The fourth-order valence-electron chi connectivity index (χ4n) is 4.43. The van der Waals surface area contributed by atoms with Crippen molar-refractivity contribution in [3.63, 3.8) is 0 Å². The van der Waals surface area contributed by atoms with E-state index in [0.29, 0.717) is 5.56 Å². The van der Waals surface area contributed by atoms with Crippen LogP contribution in [-0.2, 0) is 14.2 Å². The zero-order valence-corrected chi connectivity index (χ0v) is 22.2. The van der Waals surface area contributed by atoms with Gasteiger partial charge >= 0.3 is 0 Å². The molecular weight excluding hydrogens is 580 g/mol. The van der Waals surface area contributed by atoms with Gasteiger partial charge < -0.3 is 75.1 Å². The highest BCUT2D eigenvalue weighted by Crippen LogP contribution is 2.40. The summed E-state index contributed by atoms with van der Waals surface area (Å²) in [5.74, 6) is -3.83. The predicted molar refractivity (Wildman–Crippen MR) is 140 cm³/mol. The summed E-state index contributed by atoms with van der Waals surface area (Å²) in [6.45, 7) is -1.34. The van der Waals surface area contributed by atoms with Crippen molar-refractivity contribution in [2.45, 2.75) is 61.4 Å². The van der Waals surface area contributed by atoms with E-state index in [2.05, 4.69) is 0 Å². The molecule has 16 nitrogen and oxygen atoms in total. The molecule has 2 aliphatic heterocycles. The number of allylic oxidation sites excluding steroid dienone is 1. The predicted octanol–water partition coefficient (Wildman–Crippen LogP) is -2.59. The number of aromatic hydroxyl groups is 4. The first-order chi connectivity index (χ1) is 20.3. The van der Waals surface area contributed by atoms with Gasteiger partial charge in [-0.2, -0.15) is 0 Å². The molecule has 0 aliphatic carbocycles. The Bertz CT molecular complexity index is 1310. The molecule has 10 atom stereocenters. The molecule has 2 aromatic rings. The Labute approximate surface area is 243 Å². The van der Waals surface area contributed by atoms with Crippen LogP contribution >= 0.6 is 0 Å². The molecule has 11 N–H and O–H groups in total. The van der Waals surface area contributed by atoms with Gasteiger partial charge in [-0.1, -0.05) is 12.1 Å². The van der Waals surface area contributed by atoms with Crippen molar-refractivity contribution >= 4 is 11.9 Å². The molecule has 0 spiro atoms. The average molecular weight is 613 g/mol. The van der Waals surface area contributed by atoms with Crippen molar-refractivity contribution in [2.75, 3.05) is 13.2 Å². The summed E-state index contributed by atoms with van der Waals surface area (Å²) >= 11 is 0. The van der Waals surface area contributed by atoms with Crippen molar-refractivity contribution in [3.05, 3.63) is 47.5 Å². The molecule has 16 heteroatoms. The normalized spacial score (nSPS) is 33.0. The minimum Gasteiger partial charge on any atom is -0.504 e. The van der Waals surface area contributed by atoms with E-state index in [4.69, 9.17) is 18.9 Å². The van der Waals surface area contributed by atoms with Crippen LogP contribution in [0.5, 0.6) is 28.7 Å². The first-order valence-electron chi connectivity index (χ1n) is 12.9. The summed E-state index contributed by atoms with van der Waals surface area (Å²) in [7, 11) is 0. The standard InChI is InChI=1S/C27H32O16/c28-8-16-20(34)22(36)24(38)26(42-16)40-9-17-21(35)23(37)25(39)27(43-17)41-15-6-3-11(18(32)19(15)33)12(29)4-1-10-2-5-13(30)14(31)7-10/h1-7,16-17,20-28,30-39H,8-9H2/b4-1+/t16-,17-,20-,21-,22+,23+,24-,25-,26-,27-/m1/s1. The van der Waals surface area contributed by atoms with Crippen molar-refractivity contribution in [1.82, 2.24) is 0 Å². The lowest BCUT2D eigenvalue weighted by molar-refractivity contribution is -0.323. The summed E-state index contributed by atoms with van der Waals surface area (Å²) < 4.78 is 21.4. The van der Waals surface area contributed by atoms with Crippen molar-refractivity contribution in [1.29, 1.82) is 0 Å². The number of ketones is 1. The third-order valence-electron chi connectivity index (χ3n) is 6.99. The fourth-order valence-corrected chi connectivity index (χ4v) is 4.43. The van der Waals surface area contributed by atoms with Crippen LogP contribution in [0.3, 0.4) is 0 Å². The lowest BCUT2D eigenvalue weighted by Gasteiger charge is -2.42. The zero-order chi connectivity index (χ0) is 31.6. The van der Waals surface area contributed by atoms with Crippen molar-refractivity contribution in [3.8, 4) is 28.7 Å². The summed E-state index contributed by atoms with van der Waals surface area (Å²) in [6, 6.07) is 5.96. The van der Waals surface area contributed by atoms with Gasteiger partial charge in [0.15, 0.2) is 35.1 Å². The maximum absolute atomic E-state index is 12.6. The van der Waals surface area contributed by atoms with E-state index in [1.165, 1.54) is 24.3 Å². The Hall–Kier alpha value is -3.55. The Balaban J connectivity index is 1.44. The Morgan fingerprint density at radius 1 is 0.744 bits per heavy atom. The number of aliphatic hydroxyl groups excluding tert-OH is 7. The minimum absolute atomic E-state index is 0.349. The largest absolute Gasteiger partial charge is 0.504 e. The Kier molecular flexibility index (Phi) is 10.1. The van der Waals surface area contributed by atoms with Gasteiger partial charge in [0.25, 0.3) is 0 Å². The maximum atomic E-state index is 12.6. The number of carbonyl (C=O) groups is 1. The third-order valence-corrected chi connectivity index (χ3v) is 6.99. The van der Waals surface area contributed by atoms with Crippen LogP contribution in [-0.4, -0.2) is 137 Å². The van der Waals surface area contributed by atoms with Gasteiger partial charge in [-0.15, -0.1) is 0 Å². The summed E-state index contributed by atoms with van der Waals surface area (Å²) in [5, 5.41) is 110. The lowest BCUT2D eigenvalue weighted by Crippen LogP contribution is -2.62. The molecule has 236 valence electrons. The first kappa shape index (κ1) is 32.4. The summed E-state index contributed by atoms with van der Waals surface area (Å²) in [4.78, 5) is 12.6.